The van der Waals surface area contributed by atoms with Crippen LogP contribution >= 0.6 is 0 Å². The third-order valence-electron chi connectivity index (χ3n) is 6.69. The average Bonchev–Trinajstić information content (AvgIpc) is 3.34. The summed E-state index contributed by atoms with van der Waals surface area (Å²) in [6, 6.07) is 3.06. The van der Waals surface area contributed by atoms with Gasteiger partial charge in [-0.3, -0.25) is 19.7 Å². The lowest BCUT2D eigenvalue weighted by Gasteiger charge is -2.37. The molecule has 1 aromatic carbocycles. The van der Waals surface area contributed by atoms with Crippen molar-refractivity contribution in [1.82, 2.24) is 0 Å². The summed E-state index contributed by atoms with van der Waals surface area (Å²) in [5, 5.41) is 11.5. The monoisotopic (exact) mass is 338 g/mol. The van der Waals surface area contributed by atoms with E-state index in [9.17, 15) is 19.7 Å². The third kappa shape index (κ3) is 1.74. The predicted octanol–water partition coefficient (Wildman–Crippen LogP) is 2.77. The molecule has 1 heterocycles. The van der Waals surface area contributed by atoms with E-state index < -0.39 is 4.92 Å². The largest absolute Gasteiger partial charge is 0.293 e. The molecule has 0 unspecified atom stereocenters. The molecule has 0 N–H and O–H groups in total. The van der Waals surface area contributed by atoms with Crippen molar-refractivity contribution in [2.45, 2.75) is 20.3 Å². The molecule has 5 aliphatic rings. The molecule has 1 saturated heterocycles. The topological polar surface area (TPSA) is 80.5 Å². The van der Waals surface area contributed by atoms with Gasteiger partial charge in [0, 0.05) is 6.07 Å². The Morgan fingerprint density at radius 3 is 2.04 bits per heavy atom. The normalized spacial score (nSPS) is 37.3. The zero-order valence-electron chi connectivity index (χ0n) is 14.0. The zero-order chi connectivity index (χ0) is 17.6. The second-order valence-corrected chi connectivity index (χ2v) is 7.85. The van der Waals surface area contributed by atoms with Gasteiger partial charge in [0.05, 0.1) is 16.8 Å². The highest BCUT2D eigenvalue weighted by Gasteiger charge is 2.67. The van der Waals surface area contributed by atoms with Gasteiger partial charge in [-0.15, -0.1) is 0 Å². The number of benzene rings is 1. The van der Waals surface area contributed by atoms with Crippen LogP contribution in [-0.2, 0) is 9.59 Å². The summed E-state index contributed by atoms with van der Waals surface area (Å²) in [6.07, 6.45) is 5.30. The predicted molar refractivity (Wildman–Crippen MR) is 89.8 cm³/mol. The van der Waals surface area contributed by atoms with Gasteiger partial charge in [0.25, 0.3) is 5.69 Å². The summed E-state index contributed by atoms with van der Waals surface area (Å²) in [7, 11) is 0. The Balaban J connectivity index is 1.63. The Kier molecular flexibility index (Phi) is 2.70. The number of anilines is 1. The Bertz CT molecular complexity index is 854. The minimum absolute atomic E-state index is 0.118. The van der Waals surface area contributed by atoms with Crippen molar-refractivity contribution in [3.8, 4) is 0 Å². The van der Waals surface area contributed by atoms with Crippen LogP contribution in [0.25, 0.3) is 0 Å². The molecule has 128 valence electrons. The van der Waals surface area contributed by atoms with Crippen molar-refractivity contribution >= 4 is 23.2 Å². The quantitative estimate of drug-likeness (QED) is 0.359. The number of nitrogens with zero attached hydrogens (tertiary/aromatic N) is 2. The number of amides is 2. The maximum Gasteiger partial charge on any atom is 0.293 e. The van der Waals surface area contributed by atoms with Gasteiger partial charge in [-0.05, 0) is 61.1 Å². The van der Waals surface area contributed by atoms with Crippen molar-refractivity contribution in [2.24, 2.45) is 35.5 Å². The highest BCUT2D eigenvalue weighted by Crippen LogP contribution is 2.65. The lowest BCUT2D eigenvalue weighted by molar-refractivity contribution is -0.384. The van der Waals surface area contributed by atoms with Crippen LogP contribution in [0.15, 0.2) is 24.3 Å². The van der Waals surface area contributed by atoms with E-state index in [1.54, 1.807) is 13.0 Å². The van der Waals surface area contributed by atoms with Crippen molar-refractivity contribution < 1.29 is 14.5 Å². The Morgan fingerprint density at radius 1 is 1.00 bits per heavy atom. The number of aryl methyl sites for hydroxylation is 2. The highest BCUT2D eigenvalue weighted by molar-refractivity contribution is 6.23. The first-order valence-electron chi connectivity index (χ1n) is 8.72. The maximum atomic E-state index is 13.1. The molecule has 2 saturated carbocycles. The lowest BCUT2D eigenvalue weighted by atomic mass is 9.63. The van der Waals surface area contributed by atoms with Gasteiger partial charge in [0.15, 0.2) is 0 Å². The molecule has 3 fully saturated rings. The molecule has 0 spiro atoms. The molecule has 0 radical (unpaired) electrons. The fourth-order valence-corrected chi connectivity index (χ4v) is 5.31. The molecular formula is C19H18N2O4. The van der Waals surface area contributed by atoms with Crippen LogP contribution in [0.1, 0.15) is 17.5 Å². The Labute approximate surface area is 144 Å². The number of imide groups is 1. The van der Waals surface area contributed by atoms with Gasteiger partial charge in [0.2, 0.25) is 11.8 Å². The summed E-state index contributed by atoms with van der Waals surface area (Å²) in [4.78, 5) is 38.4. The third-order valence-corrected chi connectivity index (χ3v) is 6.69. The van der Waals surface area contributed by atoms with E-state index in [-0.39, 0.29) is 46.9 Å². The van der Waals surface area contributed by atoms with Crippen molar-refractivity contribution in [3.63, 3.8) is 0 Å². The number of rotatable bonds is 2. The first-order valence-corrected chi connectivity index (χ1v) is 8.72. The van der Waals surface area contributed by atoms with Crippen molar-refractivity contribution in [2.75, 3.05) is 4.90 Å². The fourth-order valence-electron chi connectivity index (χ4n) is 5.31. The minimum Gasteiger partial charge on any atom is -0.274 e. The van der Waals surface area contributed by atoms with Crippen LogP contribution in [-0.4, -0.2) is 16.7 Å². The number of allylic oxidation sites excluding steroid dienone is 2. The fraction of sp³-hybridized carbons (Fsp3) is 0.474. The molecule has 1 aromatic rings. The molecule has 6 heteroatoms. The van der Waals surface area contributed by atoms with Crippen molar-refractivity contribution in [1.29, 1.82) is 0 Å². The van der Waals surface area contributed by atoms with Crippen LogP contribution < -0.4 is 4.90 Å². The molecule has 6 nitrogen and oxygen atoms in total. The van der Waals surface area contributed by atoms with Crippen LogP contribution in [0.5, 0.6) is 0 Å². The van der Waals surface area contributed by atoms with Gasteiger partial charge in [-0.25, -0.2) is 4.90 Å². The summed E-state index contributed by atoms with van der Waals surface area (Å²) < 4.78 is 0. The van der Waals surface area contributed by atoms with E-state index in [1.165, 1.54) is 6.07 Å². The molecule has 1 aliphatic heterocycles. The number of carbonyl (C=O) groups excluding carboxylic acids is 2. The van der Waals surface area contributed by atoms with Crippen molar-refractivity contribution in [3.05, 3.63) is 45.5 Å². The summed E-state index contributed by atoms with van der Waals surface area (Å²) >= 11 is 0. The molecule has 25 heavy (non-hydrogen) atoms. The van der Waals surface area contributed by atoms with Crippen LogP contribution in [0.2, 0.25) is 0 Å². The van der Waals surface area contributed by atoms with E-state index in [2.05, 4.69) is 12.2 Å². The molecule has 2 amide bonds. The summed E-state index contributed by atoms with van der Waals surface area (Å²) in [5.41, 5.74) is 1.56. The molecular weight excluding hydrogens is 320 g/mol. The number of carbonyl (C=O) groups is 2. The molecule has 0 aromatic heterocycles. The maximum absolute atomic E-state index is 13.1. The summed E-state index contributed by atoms with van der Waals surface area (Å²) in [6.45, 7) is 3.62. The number of hydrogen-bond donors (Lipinski definition) is 0. The van der Waals surface area contributed by atoms with Crippen LogP contribution in [0, 0.1) is 59.5 Å². The van der Waals surface area contributed by atoms with E-state index in [0.29, 0.717) is 11.8 Å². The van der Waals surface area contributed by atoms with Gasteiger partial charge < -0.3 is 0 Å². The number of nitro groups is 1. The van der Waals surface area contributed by atoms with Gasteiger partial charge in [-0.2, -0.15) is 0 Å². The zero-order valence-corrected chi connectivity index (χ0v) is 14.0. The Hall–Kier alpha value is -2.50. The second kappa shape index (κ2) is 4.56. The molecule has 4 aliphatic carbocycles. The van der Waals surface area contributed by atoms with E-state index in [1.807, 2.05) is 6.92 Å². The first-order chi connectivity index (χ1) is 11.9. The van der Waals surface area contributed by atoms with Crippen LogP contribution in [0.4, 0.5) is 11.4 Å². The average molecular weight is 338 g/mol. The number of hydrogen-bond acceptors (Lipinski definition) is 4. The SMILES string of the molecule is Cc1cc(N2C(=O)[C@@H]3[C@H]4C=C[C@@H]([C@@H]5C[C@H]45)[C@H]3C2=O)c([N+](=O)[O-])cc1C. The molecule has 2 bridgehead atoms. The van der Waals surface area contributed by atoms with E-state index in [4.69, 9.17) is 0 Å². The van der Waals surface area contributed by atoms with E-state index >= 15 is 0 Å². The van der Waals surface area contributed by atoms with E-state index in [0.717, 1.165) is 22.4 Å². The Morgan fingerprint density at radius 2 is 1.52 bits per heavy atom. The van der Waals surface area contributed by atoms with Gasteiger partial charge >= 0.3 is 0 Å². The van der Waals surface area contributed by atoms with Gasteiger partial charge in [0.1, 0.15) is 5.69 Å². The van der Waals surface area contributed by atoms with Gasteiger partial charge in [-0.1, -0.05) is 12.2 Å². The standard InChI is InChI=1S/C19H18N2O4/c1-8-5-14(15(21(24)25)6-9(8)2)20-18(22)16-10-3-4-11(13-7-12(10)13)17(16)19(20)23/h3-6,10-13,16-17H,7H2,1-2H3/t10-,11-,12-,13+,16+,17+/m0/s1. The smallest absolute Gasteiger partial charge is 0.274 e. The summed E-state index contributed by atoms with van der Waals surface area (Å²) in [5.74, 6) is 0.0708. The molecule has 6 rings (SSSR count). The lowest BCUT2D eigenvalue weighted by Crippen LogP contribution is -2.40. The van der Waals surface area contributed by atoms with Crippen LogP contribution in [0.3, 0.4) is 0 Å². The number of nitro benzene ring substituents is 1. The first kappa shape index (κ1) is 14.8. The molecule has 6 atom stereocenters. The minimum atomic E-state index is -0.505. The highest BCUT2D eigenvalue weighted by atomic mass is 16.6. The second-order valence-electron chi connectivity index (χ2n) is 7.85.